The van der Waals surface area contributed by atoms with Crippen LogP contribution in [0.4, 0.5) is 5.69 Å². The Hall–Kier alpha value is -2.35. The van der Waals surface area contributed by atoms with Crippen molar-refractivity contribution in [2.75, 3.05) is 26.8 Å². The van der Waals surface area contributed by atoms with Crippen LogP contribution in [0.5, 0.6) is 11.5 Å². The van der Waals surface area contributed by atoms with E-state index in [9.17, 15) is 14.9 Å². The molecule has 2 N–H and O–H groups in total. The molecule has 0 saturated carbocycles. The number of hydrogen-bond donors (Lipinski definition) is 2. The van der Waals surface area contributed by atoms with Gasteiger partial charge in [0.25, 0.3) is 5.91 Å². The number of carbonyl (C=O) groups is 1. The maximum atomic E-state index is 11.7. The highest BCUT2D eigenvalue weighted by Gasteiger charge is 2.18. The molecule has 0 radical (unpaired) electrons. The monoisotopic (exact) mass is 295 g/mol. The number of benzene rings is 1. The van der Waals surface area contributed by atoms with Gasteiger partial charge >= 0.3 is 5.69 Å². The summed E-state index contributed by atoms with van der Waals surface area (Å²) in [6.45, 7) is 1.51. The molecule has 8 heteroatoms. The van der Waals surface area contributed by atoms with Crippen LogP contribution in [0, 0.1) is 10.1 Å². The van der Waals surface area contributed by atoms with Crippen molar-refractivity contribution in [3.8, 4) is 11.5 Å². The number of carbonyl (C=O) groups excluding carboxylic acids is 1. The summed E-state index contributed by atoms with van der Waals surface area (Å²) < 4.78 is 10.3. The fourth-order valence-corrected chi connectivity index (χ4v) is 2.09. The first-order valence-corrected chi connectivity index (χ1v) is 6.55. The lowest BCUT2D eigenvalue weighted by molar-refractivity contribution is -0.385. The molecular weight excluding hydrogens is 278 g/mol. The van der Waals surface area contributed by atoms with Gasteiger partial charge in [0.15, 0.2) is 6.61 Å². The molecule has 1 aromatic carbocycles. The van der Waals surface area contributed by atoms with Crippen molar-refractivity contribution in [1.82, 2.24) is 10.6 Å². The topological polar surface area (TPSA) is 103 Å². The van der Waals surface area contributed by atoms with Crippen LogP contribution in [-0.4, -0.2) is 43.7 Å². The van der Waals surface area contributed by atoms with Crippen LogP contribution in [0.2, 0.25) is 0 Å². The van der Waals surface area contributed by atoms with E-state index in [0.717, 1.165) is 19.5 Å². The van der Waals surface area contributed by atoms with Crippen LogP contribution in [0.1, 0.15) is 6.42 Å². The minimum Gasteiger partial charge on any atom is -0.490 e. The number of nitro groups is 1. The Balaban J connectivity index is 1.90. The van der Waals surface area contributed by atoms with Crippen molar-refractivity contribution < 1.29 is 19.2 Å². The molecule has 0 aliphatic carbocycles. The standard InChI is InChI=1S/C13H17N3O5/c1-20-12-6-10(2-3-11(12)16(18)19)21-8-13(17)15-9-4-5-14-7-9/h2-3,6,9,14H,4-5,7-8H2,1H3,(H,15,17). The van der Waals surface area contributed by atoms with Crippen LogP contribution in [0.3, 0.4) is 0 Å². The SMILES string of the molecule is COc1cc(OCC(=O)NC2CCNC2)ccc1[N+](=O)[O-]. The molecule has 1 aliphatic rings. The summed E-state index contributed by atoms with van der Waals surface area (Å²) in [5, 5.41) is 16.8. The number of hydrogen-bond acceptors (Lipinski definition) is 6. The summed E-state index contributed by atoms with van der Waals surface area (Å²) in [5.41, 5.74) is -0.147. The molecule has 21 heavy (non-hydrogen) atoms. The van der Waals surface area contributed by atoms with E-state index in [1.807, 2.05) is 0 Å². The highest BCUT2D eigenvalue weighted by molar-refractivity contribution is 5.78. The summed E-state index contributed by atoms with van der Waals surface area (Å²) in [5.74, 6) is 0.219. The van der Waals surface area contributed by atoms with Crippen molar-refractivity contribution in [2.24, 2.45) is 0 Å². The first-order chi connectivity index (χ1) is 10.1. The predicted octanol–water partition coefficient (Wildman–Crippen LogP) is 0.460. The van der Waals surface area contributed by atoms with Crippen LogP contribution < -0.4 is 20.1 Å². The van der Waals surface area contributed by atoms with Crippen LogP contribution in [0.15, 0.2) is 18.2 Å². The van der Waals surface area contributed by atoms with E-state index < -0.39 is 4.92 Å². The van der Waals surface area contributed by atoms with Gasteiger partial charge in [0.1, 0.15) is 5.75 Å². The van der Waals surface area contributed by atoms with Crippen LogP contribution in [-0.2, 0) is 4.79 Å². The molecule has 0 bridgehead atoms. The molecule has 0 spiro atoms. The van der Waals surface area contributed by atoms with Crippen molar-refractivity contribution in [2.45, 2.75) is 12.5 Å². The second-order valence-corrected chi connectivity index (χ2v) is 4.64. The van der Waals surface area contributed by atoms with Gasteiger partial charge in [-0.25, -0.2) is 0 Å². The second-order valence-electron chi connectivity index (χ2n) is 4.64. The third-order valence-corrected chi connectivity index (χ3v) is 3.14. The molecule has 1 aromatic rings. The first-order valence-electron chi connectivity index (χ1n) is 6.55. The highest BCUT2D eigenvalue weighted by Crippen LogP contribution is 2.30. The summed E-state index contributed by atoms with van der Waals surface area (Å²) in [7, 11) is 1.34. The van der Waals surface area contributed by atoms with Gasteiger partial charge in [0.05, 0.1) is 12.0 Å². The fourth-order valence-electron chi connectivity index (χ4n) is 2.09. The van der Waals surface area contributed by atoms with Crippen LogP contribution >= 0.6 is 0 Å². The zero-order chi connectivity index (χ0) is 15.2. The quantitative estimate of drug-likeness (QED) is 0.584. The Labute approximate surface area is 121 Å². The van der Waals surface area contributed by atoms with E-state index in [0.29, 0.717) is 5.75 Å². The lowest BCUT2D eigenvalue weighted by Crippen LogP contribution is -2.39. The summed E-state index contributed by atoms with van der Waals surface area (Å²) >= 11 is 0. The highest BCUT2D eigenvalue weighted by atomic mass is 16.6. The molecule has 8 nitrogen and oxygen atoms in total. The predicted molar refractivity (Wildman–Crippen MR) is 74.6 cm³/mol. The van der Waals surface area contributed by atoms with Crippen molar-refractivity contribution in [3.05, 3.63) is 28.3 Å². The van der Waals surface area contributed by atoms with Gasteiger partial charge < -0.3 is 20.1 Å². The largest absolute Gasteiger partial charge is 0.490 e. The molecular formula is C13H17N3O5. The normalized spacial score (nSPS) is 17.3. The van der Waals surface area contributed by atoms with Gasteiger partial charge in [-0.15, -0.1) is 0 Å². The lowest BCUT2D eigenvalue weighted by atomic mass is 10.2. The maximum Gasteiger partial charge on any atom is 0.311 e. The zero-order valence-corrected chi connectivity index (χ0v) is 11.6. The molecule has 0 aromatic heterocycles. The van der Waals surface area contributed by atoms with E-state index in [1.54, 1.807) is 0 Å². The van der Waals surface area contributed by atoms with Gasteiger partial charge in [-0.2, -0.15) is 0 Å². The number of ether oxygens (including phenoxy) is 2. The summed E-state index contributed by atoms with van der Waals surface area (Å²) in [6, 6.07) is 4.24. The first kappa shape index (κ1) is 15.0. The molecule has 1 heterocycles. The average molecular weight is 295 g/mol. The van der Waals surface area contributed by atoms with Crippen LogP contribution in [0.25, 0.3) is 0 Å². The van der Waals surface area contributed by atoms with Crippen molar-refractivity contribution in [3.63, 3.8) is 0 Å². The molecule has 114 valence electrons. The summed E-state index contributed by atoms with van der Waals surface area (Å²) in [4.78, 5) is 21.9. The van der Waals surface area contributed by atoms with E-state index in [4.69, 9.17) is 9.47 Å². The number of methoxy groups -OCH3 is 1. The van der Waals surface area contributed by atoms with E-state index in [-0.39, 0.29) is 30.0 Å². The van der Waals surface area contributed by atoms with E-state index in [1.165, 1.54) is 25.3 Å². The molecule has 1 unspecified atom stereocenters. The summed E-state index contributed by atoms with van der Waals surface area (Å²) in [6.07, 6.45) is 0.900. The van der Waals surface area contributed by atoms with Gasteiger partial charge in [-0.1, -0.05) is 0 Å². The Morgan fingerprint density at radius 3 is 3.00 bits per heavy atom. The molecule has 1 atom stereocenters. The zero-order valence-electron chi connectivity index (χ0n) is 11.6. The number of nitro benzene ring substituents is 1. The number of nitrogens with zero attached hydrogens (tertiary/aromatic N) is 1. The van der Waals surface area contributed by atoms with Gasteiger partial charge in [0.2, 0.25) is 5.75 Å². The molecule has 1 saturated heterocycles. The second kappa shape index (κ2) is 6.89. The minimum absolute atomic E-state index is 0.0953. The Kier molecular flexibility index (Phi) is 4.94. The molecule has 1 amide bonds. The molecule has 1 fully saturated rings. The molecule has 1 aliphatic heterocycles. The maximum absolute atomic E-state index is 11.7. The van der Waals surface area contributed by atoms with Crippen molar-refractivity contribution >= 4 is 11.6 Å². The average Bonchev–Trinajstić information content (AvgIpc) is 2.97. The van der Waals surface area contributed by atoms with E-state index in [2.05, 4.69) is 10.6 Å². The number of nitrogens with one attached hydrogen (secondary N) is 2. The van der Waals surface area contributed by atoms with Gasteiger partial charge in [0, 0.05) is 24.7 Å². The Bertz CT molecular complexity index is 529. The van der Waals surface area contributed by atoms with Gasteiger partial charge in [-0.05, 0) is 19.0 Å². The van der Waals surface area contributed by atoms with E-state index >= 15 is 0 Å². The fraction of sp³-hybridized carbons (Fsp3) is 0.462. The number of rotatable bonds is 6. The molecule has 2 rings (SSSR count). The minimum atomic E-state index is -0.539. The third-order valence-electron chi connectivity index (χ3n) is 3.14. The Morgan fingerprint density at radius 1 is 1.57 bits per heavy atom. The number of amides is 1. The van der Waals surface area contributed by atoms with Gasteiger partial charge in [-0.3, -0.25) is 14.9 Å². The smallest absolute Gasteiger partial charge is 0.311 e. The lowest BCUT2D eigenvalue weighted by Gasteiger charge is -2.12. The van der Waals surface area contributed by atoms with Crippen molar-refractivity contribution in [1.29, 1.82) is 0 Å². The Morgan fingerprint density at radius 2 is 2.38 bits per heavy atom. The third kappa shape index (κ3) is 4.06.